The van der Waals surface area contributed by atoms with Crippen molar-refractivity contribution in [2.24, 2.45) is 5.41 Å². The number of hydrogen-bond donors (Lipinski definition) is 3. The van der Waals surface area contributed by atoms with Gasteiger partial charge in [-0.3, -0.25) is 0 Å². The maximum atomic E-state index is 13.0. The lowest BCUT2D eigenvalue weighted by Crippen LogP contribution is -2.29. The average molecular weight is 267 g/mol. The first-order chi connectivity index (χ1) is 9.06. The molecule has 0 radical (unpaired) electrons. The first-order valence-corrected chi connectivity index (χ1v) is 6.82. The molecule has 1 aliphatic rings. The molecule has 0 heterocycles. The van der Waals surface area contributed by atoms with Gasteiger partial charge in [-0.25, -0.2) is 4.39 Å². The van der Waals surface area contributed by atoms with E-state index in [1.807, 2.05) is 0 Å². The van der Waals surface area contributed by atoms with Gasteiger partial charge < -0.3 is 15.5 Å². The average Bonchev–Trinajstić information content (AvgIpc) is 3.09. The molecule has 1 unspecified atom stereocenters. The monoisotopic (exact) mass is 267 g/mol. The zero-order chi connectivity index (χ0) is 13.9. The fourth-order valence-corrected chi connectivity index (χ4v) is 2.53. The number of halogens is 1. The molecule has 1 saturated carbocycles. The second-order valence-corrected chi connectivity index (χ2v) is 5.62. The van der Waals surface area contributed by atoms with Crippen molar-refractivity contribution in [3.63, 3.8) is 0 Å². The first-order valence-electron chi connectivity index (χ1n) is 6.82. The van der Waals surface area contributed by atoms with Crippen LogP contribution < -0.4 is 5.32 Å². The van der Waals surface area contributed by atoms with E-state index < -0.39 is 6.10 Å². The van der Waals surface area contributed by atoms with Gasteiger partial charge in [0.1, 0.15) is 5.82 Å². The summed E-state index contributed by atoms with van der Waals surface area (Å²) in [5.74, 6) is -0.277. The Balaban J connectivity index is 1.82. The van der Waals surface area contributed by atoms with E-state index in [1.165, 1.54) is 12.1 Å². The number of nitrogens with one attached hydrogen (secondary N) is 1. The molecule has 1 aromatic carbocycles. The van der Waals surface area contributed by atoms with Crippen LogP contribution in [0.1, 0.15) is 36.5 Å². The molecular formula is C15H22FNO2. The molecule has 1 fully saturated rings. The molecule has 3 N–H and O–H groups in total. The predicted molar refractivity (Wildman–Crippen MR) is 72.3 cm³/mol. The van der Waals surface area contributed by atoms with Crippen LogP contribution in [0.3, 0.4) is 0 Å². The lowest BCUT2D eigenvalue weighted by atomic mass is 10.0. The molecule has 0 aromatic heterocycles. The van der Waals surface area contributed by atoms with Crippen LogP contribution in [0.15, 0.2) is 18.2 Å². The van der Waals surface area contributed by atoms with Crippen molar-refractivity contribution in [1.29, 1.82) is 0 Å². The van der Waals surface area contributed by atoms with E-state index in [-0.39, 0.29) is 17.8 Å². The smallest absolute Gasteiger partial charge is 0.123 e. The lowest BCUT2D eigenvalue weighted by molar-refractivity contribution is 0.168. The van der Waals surface area contributed by atoms with Gasteiger partial charge in [-0.15, -0.1) is 0 Å². The summed E-state index contributed by atoms with van der Waals surface area (Å²) in [5, 5.41) is 22.3. The highest BCUT2D eigenvalue weighted by molar-refractivity contribution is 5.28. The molecule has 0 aliphatic heterocycles. The normalized spacial score (nSPS) is 18.3. The summed E-state index contributed by atoms with van der Waals surface area (Å²) >= 11 is 0. The third-order valence-electron chi connectivity index (χ3n) is 4.03. The van der Waals surface area contributed by atoms with E-state index >= 15 is 0 Å². The van der Waals surface area contributed by atoms with Gasteiger partial charge in [0.05, 0.1) is 6.10 Å². The number of rotatable bonds is 7. The van der Waals surface area contributed by atoms with Gasteiger partial charge in [0, 0.05) is 19.7 Å². The Morgan fingerprint density at radius 1 is 1.42 bits per heavy atom. The highest BCUT2D eigenvalue weighted by Crippen LogP contribution is 2.47. The summed E-state index contributed by atoms with van der Waals surface area (Å²) < 4.78 is 13.0. The third kappa shape index (κ3) is 3.75. The molecule has 0 amide bonds. The SMILES string of the molecule is Cc1cc(F)ccc1C(O)CNCC1(CCO)CC1. The van der Waals surface area contributed by atoms with E-state index in [0.29, 0.717) is 6.54 Å². The molecule has 3 nitrogen and oxygen atoms in total. The predicted octanol–water partition coefficient (Wildman–Crippen LogP) is 1.92. The van der Waals surface area contributed by atoms with Crippen LogP contribution in [0.4, 0.5) is 4.39 Å². The number of benzene rings is 1. The maximum absolute atomic E-state index is 13.0. The van der Waals surface area contributed by atoms with Crippen molar-refractivity contribution < 1.29 is 14.6 Å². The van der Waals surface area contributed by atoms with Crippen molar-refractivity contribution >= 4 is 0 Å². The van der Waals surface area contributed by atoms with Crippen LogP contribution in [0.5, 0.6) is 0 Å². The summed E-state index contributed by atoms with van der Waals surface area (Å²) in [6.45, 7) is 3.31. The quantitative estimate of drug-likeness (QED) is 0.707. The number of hydrogen-bond acceptors (Lipinski definition) is 3. The maximum Gasteiger partial charge on any atom is 0.123 e. The van der Waals surface area contributed by atoms with Crippen molar-refractivity contribution in [2.45, 2.75) is 32.3 Å². The van der Waals surface area contributed by atoms with Crippen LogP contribution in [0.2, 0.25) is 0 Å². The van der Waals surface area contributed by atoms with Gasteiger partial charge >= 0.3 is 0 Å². The topological polar surface area (TPSA) is 52.5 Å². The molecule has 2 rings (SSSR count). The second-order valence-electron chi connectivity index (χ2n) is 5.62. The van der Waals surface area contributed by atoms with Crippen LogP contribution in [0, 0.1) is 18.2 Å². The number of aliphatic hydroxyl groups excluding tert-OH is 2. The van der Waals surface area contributed by atoms with Gasteiger partial charge in [-0.05, 0) is 54.9 Å². The molecule has 19 heavy (non-hydrogen) atoms. The summed E-state index contributed by atoms with van der Waals surface area (Å²) in [6, 6.07) is 4.45. The van der Waals surface area contributed by atoms with Gasteiger partial charge in [0.25, 0.3) is 0 Å². The van der Waals surface area contributed by atoms with Crippen molar-refractivity contribution in [3.8, 4) is 0 Å². The number of aryl methyl sites for hydroxylation is 1. The van der Waals surface area contributed by atoms with E-state index in [9.17, 15) is 9.50 Å². The Morgan fingerprint density at radius 3 is 2.74 bits per heavy atom. The van der Waals surface area contributed by atoms with Crippen LogP contribution in [-0.2, 0) is 0 Å². The minimum atomic E-state index is -0.620. The first kappa shape index (κ1) is 14.4. The molecule has 1 atom stereocenters. The molecule has 0 spiro atoms. The molecule has 106 valence electrons. The summed E-state index contributed by atoms with van der Waals surface area (Å²) in [5.41, 5.74) is 1.78. The Labute approximate surface area is 113 Å². The largest absolute Gasteiger partial charge is 0.396 e. The summed E-state index contributed by atoms with van der Waals surface area (Å²) in [4.78, 5) is 0. The Hall–Kier alpha value is -0.970. The molecule has 0 saturated heterocycles. The molecule has 0 bridgehead atoms. The summed E-state index contributed by atoms with van der Waals surface area (Å²) in [7, 11) is 0. The molecule has 1 aromatic rings. The van der Waals surface area contributed by atoms with Crippen molar-refractivity contribution in [3.05, 3.63) is 35.1 Å². The van der Waals surface area contributed by atoms with Crippen molar-refractivity contribution in [2.75, 3.05) is 19.7 Å². The lowest BCUT2D eigenvalue weighted by Gasteiger charge is -2.18. The Kier molecular flexibility index (Phi) is 4.55. The van der Waals surface area contributed by atoms with Gasteiger partial charge in [0.15, 0.2) is 0 Å². The summed E-state index contributed by atoms with van der Waals surface area (Å²) in [6.07, 6.45) is 2.50. The standard InChI is InChI=1S/C15H22FNO2/c1-11-8-12(16)2-3-13(11)14(19)9-17-10-15(4-5-15)6-7-18/h2-3,8,14,17-19H,4-7,9-10H2,1H3. The zero-order valence-corrected chi connectivity index (χ0v) is 11.3. The highest BCUT2D eigenvalue weighted by Gasteiger charge is 2.41. The third-order valence-corrected chi connectivity index (χ3v) is 4.03. The zero-order valence-electron chi connectivity index (χ0n) is 11.3. The fraction of sp³-hybridized carbons (Fsp3) is 0.600. The molecule has 4 heteroatoms. The van der Waals surface area contributed by atoms with Gasteiger partial charge in [-0.1, -0.05) is 6.07 Å². The second kappa shape index (κ2) is 5.99. The van der Waals surface area contributed by atoms with Crippen molar-refractivity contribution in [1.82, 2.24) is 5.32 Å². The Morgan fingerprint density at radius 2 is 2.16 bits per heavy atom. The molecule has 1 aliphatic carbocycles. The minimum Gasteiger partial charge on any atom is -0.396 e. The van der Waals surface area contributed by atoms with E-state index in [4.69, 9.17) is 5.11 Å². The fourth-order valence-electron chi connectivity index (χ4n) is 2.53. The van der Waals surface area contributed by atoms with E-state index in [2.05, 4.69) is 5.32 Å². The van der Waals surface area contributed by atoms with E-state index in [1.54, 1.807) is 13.0 Å². The minimum absolute atomic E-state index is 0.224. The van der Waals surface area contributed by atoms with Crippen LogP contribution in [-0.4, -0.2) is 29.9 Å². The van der Waals surface area contributed by atoms with Crippen LogP contribution >= 0.6 is 0 Å². The Bertz CT molecular complexity index is 432. The number of aliphatic hydroxyl groups is 2. The van der Waals surface area contributed by atoms with Crippen LogP contribution in [0.25, 0.3) is 0 Å². The van der Waals surface area contributed by atoms with E-state index in [0.717, 1.165) is 36.9 Å². The highest BCUT2D eigenvalue weighted by atomic mass is 19.1. The van der Waals surface area contributed by atoms with Gasteiger partial charge in [0.2, 0.25) is 0 Å². The van der Waals surface area contributed by atoms with Gasteiger partial charge in [-0.2, -0.15) is 0 Å². The molecular weight excluding hydrogens is 245 g/mol.